The molecule has 6 nitrogen and oxygen atoms in total. The largest absolute Gasteiger partial charge is 0.433 e. The fourth-order valence-corrected chi connectivity index (χ4v) is 7.28. The van der Waals surface area contributed by atoms with Gasteiger partial charge in [-0.05, 0) is 74.8 Å². The predicted octanol–water partition coefficient (Wildman–Crippen LogP) is 7.41. The first-order valence-electron chi connectivity index (χ1n) is 15.4. The molecule has 2 saturated carbocycles. The monoisotopic (exact) mass is 590 g/mol. The Morgan fingerprint density at radius 1 is 1.02 bits per heavy atom. The van der Waals surface area contributed by atoms with E-state index in [1.807, 2.05) is 25.1 Å². The Hall–Kier alpha value is -3.62. The van der Waals surface area contributed by atoms with Crippen LogP contribution in [0.5, 0.6) is 0 Å². The molecule has 43 heavy (non-hydrogen) atoms. The quantitative estimate of drug-likeness (QED) is 0.256. The number of nitrogens with zero attached hydrogens (tertiary/aromatic N) is 4. The van der Waals surface area contributed by atoms with Crippen molar-refractivity contribution in [3.05, 3.63) is 70.9 Å². The zero-order valence-corrected chi connectivity index (χ0v) is 24.7. The summed E-state index contributed by atoms with van der Waals surface area (Å²) in [5.41, 5.74) is 3.16. The number of benzene rings is 1. The van der Waals surface area contributed by atoms with Crippen molar-refractivity contribution >= 4 is 28.5 Å². The number of carbonyl (C=O) groups excluding carboxylic acids is 2. The molecule has 0 saturated heterocycles. The summed E-state index contributed by atoms with van der Waals surface area (Å²) in [5.74, 6) is 1.88. The summed E-state index contributed by atoms with van der Waals surface area (Å²) in [4.78, 5) is 38.8. The molecule has 0 radical (unpaired) electrons. The lowest BCUT2D eigenvalue weighted by molar-refractivity contribution is -0.124. The Labute approximate surface area is 249 Å². The Bertz CT molecular complexity index is 1610. The van der Waals surface area contributed by atoms with Crippen LogP contribution in [0.1, 0.15) is 91.2 Å². The van der Waals surface area contributed by atoms with Crippen LogP contribution in [0.4, 0.5) is 13.2 Å². The first-order chi connectivity index (χ1) is 20.6. The Morgan fingerprint density at radius 3 is 2.49 bits per heavy atom. The van der Waals surface area contributed by atoms with E-state index in [0.29, 0.717) is 47.5 Å². The summed E-state index contributed by atoms with van der Waals surface area (Å²) in [5, 5.41) is 0. The summed E-state index contributed by atoms with van der Waals surface area (Å²) in [7, 11) is 0. The molecule has 0 bridgehead atoms. The van der Waals surface area contributed by atoms with Gasteiger partial charge in [0.1, 0.15) is 11.5 Å². The Morgan fingerprint density at radius 2 is 1.79 bits per heavy atom. The molecule has 0 spiro atoms. The molecule has 0 amide bonds. The smallest absolute Gasteiger partial charge is 0.299 e. The van der Waals surface area contributed by atoms with Crippen LogP contribution in [0.3, 0.4) is 0 Å². The van der Waals surface area contributed by atoms with Gasteiger partial charge in [0, 0.05) is 48.2 Å². The maximum atomic E-state index is 13.5. The SMILES string of the molecule is Cc1cc(Cc2nccn3c(C4=CCN=C4C(F)(F)F)cnc23)ccc1C(=O)C1CCC(CC(=O)[C@H]2CC[C@H](C)C2)CC1. The van der Waals surface area contributed by atoms with Crippen molar-refractivity contribution in [2.75, 3.05) is 6.54 Å². The average Bonchev–Trinajstić information content (AvgIpc) is 3.73. The second-order valence-corrected chi connectivity index (χ2v) is 12.7. The van der Waals surface area contributed by atoms with E-state index in [4.69, 9.17) is 0 Å². The van der Waals surface area contributed by atoms with Gasteiger partial charge in [-0.15, -0.1) is 0 Å². The van der Waals surface area contributed by atoms with Gasteiger partial charge in [-0.3, -0.25) is 24.0 Å². The van der Waals surface area contributed by atoms with Gasteiger partial charge in [0.25, 0.3) is 0 Å². The van der Waals surface area contributed by atoms with Crippen LogP contribution in [0, 0.1) is 30.6 Å². The van der Waals surface area contributed by atoms with Crippen molar-refractivity contribution in [2.45, 2.75) is 77.8 Å². The molecule has 2 fully saturated rings. The number of aliphatic imine (C=N–C) groups is 1. The number of aryl methyl sites for hydroxylation is 1. The second-order valence-electron chi connectivity index (χ2n) is 12.7. The van der Waals surface area contributed by atoms with E-state index in [-0.39, 0.29) is 29.7 Å². The maximum Gasteiger partial charge on any atom is 0.433 e. The van der Waals surface area contributed by atoms with Crippen LogP contribution >= 0.6 is 0 Å². The lowest BCUT2D eigenvalue weighted by Crippen LogP contribution is -2.25. The summed E-state index contributed by atoms with van der Waals surface area (Å²) in [6.07, 6.45) is 9.37. The van der Waals surface area contributed by atoms with Crippen LogP contribution in [0.15, 0.2) is 47.9 Å². The van der Waals surface area contributed by atoms with Gasteiger partial charge in [-0.1, -0.05) is 31.2 Å². The number of ketones is 2. The molecule has 6 rings (SSSR count). The minimum atomic E-state index is -4.54. The number of alkyl halides is 3. The highest BCUT2D eigenvalue weighted by atomic mass is 19.4. The van der Waals surface area contributed by atoms with E-state index in [1.165, 1.54) is 12.3 Å². The lowest BCUT2D eigenvalue weighted by atomic mass is 9.75. The zero-order valence-electron chi connectivity index (χ0n) is 24.7. The molecule has 0 unspecified atom stereocenters. The predicted molar refractivity (Wildman–Crippen MR) is 159 cm³/mol. The number of allylic oxidation sites excluding steroid dienone is 1. The van der Waals surface area contributed by atoms with Gasteiger partial charge in [-0.25, -0.2) is 4.98 Å². The van der Waals surface area contributed by atoms with Gasteiger partial charge in [0.2, 0.25) is 0 Å². The summed E-state index contributed by atoms with van der Waals surface area (Å²) < 4.78 is 42.1. The number of hydrogen-bond donors (Lipinski definition) is 0. The summed E-state index contributed by atoms with van der Waals surface area (Å²) in [6.45, 7) is 4.16. The third kappa shape index (κ3) is 6.08. The topological polar surface area (TPSA) is 76.7 Å². The lowest BCUT2D eigenvalue weighted by Gasteiger charge is -2.28. The van der Waals surface area contributed by atoms with Crippen LogP contribution < -0.4 is 0 Å². The van der Waals surface area contributed by atoms with E-state index < -0.39 is 11.9 Å². The number of fused-ring (bicyclic) bond motifs is 1. The third-order valence-electron chi connectivity index (χ3n) is 9.63. The van der Waals surface area contributed by atoms with Gasteiger partial charge >= 0.3 is 6.18 Å². The van der Waals surface area contributed by atoms with Crippen molar-refractivity contribution in [3.8, 4) is 0 Å². The molecule has 2 aromatic heterocycles. The number of rotatable bonds is 8. The molecule has 1 aromatic carbocycles. The number of aromatic nitrogens is 3. The first kappa shape index (κ1) is 29.5. The molecule has 226 valence electrons. The van der Waals surface area contributed by atoms with Crippen molar-refractivity contribution in [2.24, 2.45) is 28.7 Å². The highest BCUT2D eigenvalue weighted by Crippen LogP contribution is 2.37. The van der Waals surface area contributed by atoms with E-state index in [0.717, 1.165) is 61.6 Å². The molecule has 3 aromatic rings. The molecule has 9 heteroatoms. The van der Waals surface area contributed by atoms with Crippen LogP contribution in [0.2, 0.25) is 0 Å². The van der Waals surface area contributed by atoms with E-state index in [2.05, 4.69) is 21.9 Å². The standard InChI is InChI=1S/C34H37F3N4O2/c1-20-3-7-25(15-20)30(42)18-22-4-8-24(9-5-22)31(43)26-10-6-23(16-21(26)2)17-28-33-40-19-29(41(33)14-13-38-28)27-11-12-39-32(27)34(35,36)37/h6,10-11,13-14,16,19-20,22,24-25H,3-5,7-9,12,15,17-18H2,1-2H3/t20-,22?,24?,25-/m0/s1. The highest BCUT2D eigenvalue weighted by molar-refractivity contribution is 6.27. The fraction of sp³-hybridized carbons (Fsp3) is 0.500. The van der Waals surface area contributed by atoms with Crippen molar-refractivity contribution in [1.29, 1.82) is 0 Å². The average molecular weight is 591 g/mol. The Balaban J connectivity index is 1.10. The van der Waals surface area contributed by atoms with Crippen molar-refractivity contribution in [1.82, 2.24) is 14.4 Å². The fourth-order valence-electron chi connectivity index (χ4n) is 7.28. The molecule has 3 heterocycles. The minimum Gasteiger partial charge on any atom is -0.299 e. The molecule has 2 atom stereocenters. The molecule has 2 aliphatic carbocycles. The Kier molecular flexibility index (Phi) is 8.09. The van der Waals surface area contributed by atoms with Gasteiger partial charge < -0.3 is 0 Å². The first-order valence-corrected chi connectivity index (χ1v) is 15.4. The molecule has 1 aliphatic heterocycles. The maximum absolute atomic E-state index is 13.5. The number of Topliss-reactive ketones (excluding diaryl/α,β-unsaturated/α-hetero) is 2. The number of hydrogen-bond acceptors (Lipinski definition) is 5. The summed E-state index contributed by atoms with van der Waals surface area (Å²) >= 11 is 0. The molecular weight excluding hydrogens is 553 g/mol. The third-order valence-corrected chi connectivity index (χ3v) is 9.63. The van der Waals surface area contributed by atoms with Gasteiger partial charge in [0.15, 0.2) is 11.4 Å². The van der Waals surface area contributed by atoms with Crippen molar-refractivity contribution in [3.63, 3.8) is 0 Å². The normalized spacial score (nSPS) is 24.3. The highest BCUT2D eigenvalue weighted by Gasteiger charge is 2.40. The number of carbonyl (C=O) groups is 2. The number of imidazole rings is 1. The van der Waals surface area contributed by atoms with Crippen LogP contribution in [-0.2, 0) is 11.2 Å². The van der Waals surface area contributed by atoms with Gasteiger partial charge in [-0.2, -0.15) is 13.2 Å². The van der Waals surface area contributed by atoms with Crippen molar-refractivity contribution < 1.29 is 22.8 Å². The van der Waals surface area contributed by atoms with E-state index >= 15 is 0 Å². The minimum absolute atomic E-state index is 0.0133. The molecular formula is C34H37F3N4O2. The van der Waals surface area contributed by atoms with E-state index in [1.54, 1.807) is 16.8 Å². The number of halogens is 3. The van der Waals surface area contributed by atoms with Crippen LogP contribution in [0.25, 0.3) is 11.2 Å². The van der Waals surface area contributed by atoms with Gasteiger partial charge in [0.05, 0.1) is 24.1 Å². The summed E-state index contributed by atoms with van der Waals surface area (Å²) in [6, 6.07) is 5.80. The zero-order chi connectivity index (χ0) is 30.3. The van der Waals surface area contributed by atoms with Crippen LogP contribution in [-0.4, -0.2) is 44.4 Å². The molecule has 3 aliphatic rings. The van der Waals surface area contributed by atoms with E-state index in [9.17, 15) is 22.8 Å². The second kappa shape index (κ2) is 11.8. The molecule has 0 N–H and O–H groups in total.